The van der Waals surface area contributed by atoms with Crippen molar-refractivity contribution >= 4 is 33.2 Å². The van der Waals surface area contributed by atoms with Crippen LogP contribution in [-0.4, -0.2) is 9.55 Å². The standard InChI is InChI=1S/C50H49N4O.Pt/c1-48(2,3)36-25-26-51-47(29-36)54-44-18-14-13-17-42(44)43-24-23-40(31-45(43)54)55-41-28-37(49(4,5)6)27-39(30-41)53-33-52(32-46(53)50(7,8)9)38-21-19-35(20-22-38)34-15-11-10-12-16-34;/h10-29,32-33H,1-9H3;/q-3;. The van der Waals surface area contributed by atoms with Crippen molar-refractivity contribution in [2.45, 2.75) is 73.1 Å². The van der Waals surface area contributed by atoms with E-state index in [1.54, 1.807) is 0 Å². The van der Waals surface area contributed by atoms with Crippen molar-refractivity contribution in [1.29, 1.82) is 0 Å². The number of allylic oxidation sites excluding steroid dienone is 1. The SMILES string of the molecule is CC(C)(C)C1=CN(c2ccc(-c3ccccc3)cc2)[CH-]N1c1[c-]c(Oc2[c-]c3c(cc2)c2ccccc2n3-c2cc(C(C)(C)C)ccn2)cc(C(C)(C)C)c1.[Pt]. The maximum atomic E-state index is 6.76. The molecule has 0 spiro atoms. The third-order valence-corrected chi connectivity index (χ3v) is 10.4. The monoisotopic (exact) mass is 916 g/mol. The van der Waals surface area contributed by atoms with Gasteiger partial charge in [-0.1, -0.05) is 128 Å². The maximum absolute atomic E-state index is 6.76. The van der Waals surface area contributed by atoms with Crippen LogP contribution in [-0.2, 0) is 31.9 Å². The Kier molecular flexibility index (Phi) is 10.3. The van der Waals surface area contributed by atoms with Gasteiger partial charge in [0.1, 0.15) is 5.82 Å². The minimum Gasteiger partial charge on any atom is -0.509 e. The molecule has 0 atom stereocenters. The number of aromatic nitrogens is 2. The van der Waals surface area contributed by atoms with Crippen LogP contribution in [0.2, 0.25) is 0 Å². The number of nitrogens with zero attached hydrogens (tertiary/aromatic N) is 4. The quantitative estimate of drug-likeness (QED) is 0.156. The van der Waals surface area contributed by atoms with Crippen molar-refractivity contribution in [3.63, 3.8) is 0 Å². The first-order valence-corrected chi connectivity index (χ1v) is 19.1. The van der Waals surface area contributed by atoms with Gasteiger partial charge in [-0.05, 0) is 69.4 Å². The average Bonchev–Trinajstić information content (AvgIpc) is 3.75. The van der Waals surface area contributed by atoms with Crippen LogP contribution >= 0.6 is 0 Å². The summed E-state index contributed by atoms with van der Waals surface area (Å²) in [5.74, 6) is 2.12. The molecule has 6 heteroatoms. The topological polar surface area (TPSA) is 33.5 Å². The number of fused-ring (bicyclic) bond motifs is 3. The van der Waals surface area contributed by atoms with E-state index < -0.39 is 0 Å². The molecule has 7 aromatic rings. The summed E-state index contributed by atoms with van der Waals surface area (Å²) in [6.45, 7) is 22.3. The summed E-state index contributed by atoms with van der Waals surface area (Å²) < 4.78 is 8.96. The maximum Gasteiger partial charge on any atom is 0.135 e. The van der Waals surface area contributed by atoms with Crippen molar-refractivity contribution in [2.75, 3.05) is 9.80 Å². The van der Waals surface area contributed by atoms with Gasteiger partial charge in [-0.15, -0.1) is 53.6 Å². The fourth-order valence-electron chi connectivity index (χ4n) is 7.20. The molecule has 5 aromatic carbocycles. The molecule has 0 fully saturated rings. The van der Waals surface area contributed by atoms with E-state index in [1.165, 1.54) is 16.7 Å². The van der Waals surface area contributed by atoms with Crippen LogP contribution in [0.4, 0.5) is 11.4 Å². The van der Waals surface area contributed by atoms with Crippen LogP contribution in [0.15, 0.2) is 133 Å². The molecule has 0 saturated carbocycles. The Hall–Kier alpha value is -5.12. The molecule has 0 radical (unpaired) electrons. The van der Waals surface area contributed by atoms with Gasteiger partial charge in [0.25, 0.3) is 0 Å². The Morgan fingerprint density at radius 2 is 1.29 bits per heavy atom. The van der Waals surface area contributed by atoms with Gasteiger partial charge >= 0.3 is 0 Å². The van der Waals surface area contributed by atoms with E-state index in [0.29, 0.717) is 11.5 Å². The summed E-state index contributed by atoms with van der Waals surface area (Å²) in [5, 5.41) is 2.25. The number of pyridine rings is 1. The molecule has 288 valence electrons. The second kappa shape index (κ2) is 14.8. The van der Waals surface area contributed by atoms with Gasteiger partial charge in [0, 0.05) is 61.1 Å². The molecule has 1 aliphatic heterocycles. The van der Waals surface area contributed by atoms with Crippen LogP contribution in [0.1, 0.15) is 73.4 Å². The molecule has 5 nitrogen and oxygen atoms in total. The molecule has 56 heavy (non-hydrogen) atoms. The number of benzene rings is 5. The zero-order chi connectivity index (χ0) is 38.7. The first-order valence-electron chi connectivity index (χ1n) is 19.1. The number of hydrogen-bond donors (Lipinski definition) is 0. The van der Waals surface area contributed by atoms with Crippen molar-refractivity contribution in [3.05, 3.63) is 163 Å². The molecule has 2 aromatic heterocycles. The predicted molar refractivity (Wildman–Crippen MR) is 229 cm³/mol. The van der Waals surface area contributed by atoms with E-state index >= 15 is 0 Å². The molecule has 0 bridgehead atoms. The van der Waals surface area contributed by atoms with E-state index in [2.05, 4.69) is 211 Å². The molecule has 0 saturated heterocycles. The van der Waals surface area contributed by atoms with Crippen molar-refractivity contribution in [2.24, 2.45) is 5.41 Å². The molecule has 1 aliphatic rings. The molecular weight excluding hydrogens is 868 g/mol. The number of hydrogen-bond acceptors (Lipinski definition) is 4. The van der Waals surface area contributed by atoms with E-state index in [-0.39, 0.29) is 37.3 Å². The average molecular weight is 917 g/mol. The molecule has 0 N–H and O–H groups in total. The Labute approximate surface area is 346 Å². The Balaban J connectivity index is 0.00000480. The van der Waals surface area contributed by atoms with Crippen molar-refractivity contribution < 1.29 is 25.8 Å². The van der Waals surface area contributed by atoms with E-state index in [9.17, 15) is 0 Å². The molecule has 3 heterocycles. The number of para-hydroxylation sites is 1. The van der Waals surface area contributed by atoms with Crippen LogP contribution in [0, 0.1) is 24.2 Å². The summed E-state index contributed by atoms with van der Waals surface area (Å²) in [7, 11) is 0. The second-order valence-corrected chi connectivity index (χ2v) is 17.6. The van der Waals surface area contributed by atoms with Gasteiger partial charge < -0.3 is 19.1 Å². The number of anilines is 2. The first kappa shape index (κ1) is 39.1. The minimum absolute atomic E-state index is 0. The van der Waals surface area contributed by atoms with Gasteiger partial charge in [-0.3, -0.25) is 0 Å². The smallest absolute Gasteiger partial charge is 0.135 e. The fraction of sp³-hybridized carbons (Fsp3) is 0.240. The third-order valence-electron chi connectivity index (χ3n) is 10.4. The van der Waals surface area contributed by atoms with Crippen molar-refractivity contribution in [3.8, 4) is 28.4 Å². The van der Waals surface area contributed by atoms with Gasteiger partial charge in [-0.25, -0.2) is 4.98 Å². The van der Waals surface area contributed by atoms with Gasteiger partial charge in [0.2, 0.25) is 0 Å². The van der Waals surface area contributed by atoms with Gasteiger partial charge in [-0.2, -0.15) is 6.07 Å². The molecule has 8 rings (SSSR count). The zero-order valence-electron chi connectivity index (χ0n) is 33.7. The Morgan fingerprint density at radius 1 is 0.607 bits per heavy atom. The molecular formula is C50H49N4OPt-3. The third kappa shape index (κ3) is 7.67. The Morgan fingerprint density at radius 3 is 1.98 bits per heavy atom. The second-order valence-electron chi connectivity index (χ2n) is 17.6. The zero-order valence-corrected chi connectivity index (χ0v) is 36.0. The van der Waals surface area contributed by atoms with E-state index in [1.807, 2.05) is 12.3 Å². The first-order chi connectivity index (χ1) is 26.1. The van der Waals surface area contributed by atoms with Gasteiger partial charge in [0.15, 0.2) is 0 Å². The van der Waals surface area contributed by atoms with E-state index in [0.717, 1.165) is 50.3 Å². The van der Waals surface area contributed by atoms with Crippen molar-refractivity contribution in [1.82, 2.24) is 9.55 Å². The number of rotatable bonds is 6. The molecule has 0 unspecified atom stereocenters. The summed E-state index contributed by atoms with van der Waals surface area (Å²) >= 11 is 0. The van der Waals surface area contributed by atoms with Gasteiger partial charge in [0.05, 0.1) is 0 Å². The minimum atomic E-state index is -0.146. The van der Waals surface area contributed by atoms with Crippen LogP contribution < -0.4 is 14.5 Å². The summed E-state index contributed by atoms with van der Waals surface area (Å²) in [6, 6.07) is 47.8. The normalized spacial score (nSPS) is 13.6. The van der Waals surface area contributed by atoms with Crippen LogP contribution in [0.5, 0.6) is 11.5 Å². The molecule has 0 aliphatic carbocycles. The predicted octanol–water partition coefficient (Wildman–Crippen LogP) is 13.2. The summed E-state index contributed by atoms with van der Waals surface area (Å²) in [4.78, 5) is 9.32. The Bertz CT molecular complexity index is 2550. The summed E-state index contributed by atoms with van der Waals surface area (Å²) in [5.41, 5.74) is 9.66. The largest absolute Gasteiger partial charge is 0.509 e. The molecule has 0 amide bonds. The van der Waals surface area contributed by atoms with Crippen LogP contribution in [0.3, 0.4) is 0 Å². The fourth-order valence-corrected chi connectivity index (χ4v) is 7.20. The summed E-state index contributed by atoms with van der Waals surface area (Å²) in [6.07, 6.45) is 4.14. The van der Waals surface area contributed by atoms with E-state index in [4.69, 9.17) is 9.72 Å². The number of ether oxygens (including phenoxy) is 1. The van der Waals surface area contributed by atoms with Crippen LogP contribution in [0.25, 0.3) is 38.8 Å².